The van der Waals surface area contributed by atoms with Crippen molar-refractivity contribution in [2.45, 2.75) is 0 Å². The maximum absolute atomic E-state index is 5.96. The number of fused-ring (bicyclic) bond motifs is 1. The van der Waals surface area contributed by atoms with Gasteiger partial charge in [0.15, 0.2) is 0 Å². The number of hydrogen-bond acceptors (Lipinski definition) is 3. The van der Waals surface area contributed by atoms with Crippen molar-refractivity contribution in [2.24, 2.45) is 0 Å². The molecule has 0 aliphatic heterocycles. The van der Waals surface area contributed by atoms with E-state index in [4.69, 9.17) is 23.2 Å². The average molecular weight is 369 g/mol. The molecule has 0 aliphatic carbocycles. The summed E-state index contributed by atoms with van der Waals surface area (Å²) in [6.07, 6.45) is 0. The number of benzene rings is 2. The molecule has 0 aliphatic rings. The molecular formula is C14H8BrCl2N3. The summed E-state index contributed by atoms with van der Waals surface area (Å²) in [4.78, 5) is 8.46. The van der Waals surface area contributed by atoms with Crippen LogP contribution in [0.15, 0.2) is 46.9 Å². The first-order valence-electron chi connectivity index (χ1n) is 5.77. The van der Waals surface area contributed by atoms with E-state index in [0.29, 0.717) is 10.8 Å². The lowest BCUT2D eigenvalue weighted by Gasteiger charge is -2.09. The van der Waals surface area contributed by atoms with Crippen molar-refractivity contribution >= 4 is 61.5 Å². The van der Waals surface area contributed by atoms with Crippen LogP contribution in [0.4, 0.5) is 11.5 Å². The van der Waals surface area contributed by atoms with Crippen LogP contribution in [0, 0.1) is 0 Å². The maximum atomic E-state index is 5.96. The van der Waals surface area contributed by atoms with Crippen LogP contribution in [0.25, 0.3) is 10.9 Å². The van der Waals surface area contributed by atoms with Crippen molar-refractivity contribution in [3.63, 3.8) is 0 Å². The topological polar surface area (TPSA) is 37.8 Å². The summed E-state index contributed by atoms with van der Waals surface area (Å²) < 4.78 is 0.954. The molecule has 20 heavy (non-hydrogen) atoms. The quantitative estimate of drug-likeness (QED) is 0.611. The van der Waals surface area contributed by atoms with Crippen LogP contribution in [0.1, 0.15) is 0 Å². The molecule has 2 aromatic carbocycles. The molecule has 6 heteroatoms. The van der Waals surface area contributed by atoms with Crippen LogP contribution in [0.3, 0.4) is 0 Å². The molecule has 3 nitrogen and oxygen atoms in total. The average Bonchev–Trinajstić information content (AvgIpc) is 2.42. The van der Waals surface area contributed by atoms with E-state index < -0.39 is 0 Å². The van der Waals surface area contributed by atoms with Gasteiger partial charge in [-0.2, -0.15) is 4.98 Å². The fourth-order valence-corrected chi connectivity index (χ4v) is 2.50. The Morgan fingerprint density at radius 2 is 1.70 bits per heavy atom. The molecule has 1 aromatic heterocycles. The van der Waals surface area contributed by atoms with Gasteiger partial charge in [-0.1, -0.05) is 27.5 Å². The fourth-order valence-electron chi connectivity index (χ4n) is 1.84. The summed E-state index contributed by atoms with van der Waals surface area (Å²) in [6.45, 7) is 0. The monoisotopic (exact) mass is 367 g/mol. The molecule has 0 saturated heterocycles. The summed E-state index contributed by atoms with van der Waals surface area (Å²) in [5, 5.41) is 5.00. The molecule has 3 rings (SSSR count). The summed E-state index contributed by atoms with van der Waals surface area (Å²) in [7, 11) is 0. The lowest BCUT2D eigenvalue weighted by molar-refractivity contribution is 1.22. The second-order valence-electron chi connectivity index (χ2n) is 4.13. The number of anilines is 2. The van der Waals surface area contributed by atoms with Gasteiger partial charge < -0.3 is 5.32 Å². The van der Waals surface area contributed by atoms with E-state index in [1.165, 1.54) is 0 Å². The van der Waals surface area contributed by atoms with Gasteiger partial charge in [-0.25, -0.2) is 4.98 Å². The Morgan fingerprint density at radius 3 is 2.45 bits per heavy atom. The summed E-state index contributed by atoms with van der Waals surface area (Å²) in [5.74, 6) is 0.656. The van der Waals surface area contributed by atoms with Gasteiger partial charge in [0.25, 0.3) is 0 Å². The Labute approximate surface area is 134 Å². The fraction of sp³-hybridized carbons (Fsp3) is 0. The van der Waals surface area contributed by atoms with Crippen molar-refractivity contribution in [3.05, 3.63) is 57.2 Å². The summed E-state index contributed by atoms with van der Waals surface area (Å²) in [6, 6.07) is 13.1. The highest BCUT2D eigenvalue weighted by Crippen LogP contribution is 2.28. The third-order valence-electron chi connectivity index (χ3n) is 2.74. The highest BCUT2D eigenvalue weighted by Gasteiger charge is 2.07. The number of hydrogen-bond donors (Lipinski definition) is 1. The highest BCUT2D eigenvalue weighted by molar-refractivity contribution is 9.10. The molecule has 0 radical (unpaired) electrons. The van der Waals surface area contributed by atoms with E-state index >= 15 is 0 Å². The van der Waals surface area contributed by atoms with Gasteiger partial charge in [-0.05, 0) is 54.1 Å². The Morgan fingerprint density at radius 1 is 0.950 bits per heavy atom. The van der Waals surface area contributed by atoms with E-state index in [9.17, 15) is 0 Å². The maximum Gasteiger partial charge on any atom is 0.224 e. The van der Waals surface area contributed by atoms with Crippen molar-refractivity contribution in [3.8, 4) is 0 Å². The first-order chi connectivity index (χ1) is 9.61. The van der Waals surface area contributed by atoms with Gasteiger partial charge >= 0.3 is 0 Å². The third kappa shape index (κ3) is 2.87. The van der Waals surface area contributed by atoms with Gasteiger partial charge in [0, 0.05) is 20.6 Å². The molecule has 0 saturated carbocycles. The lowest BCUT2D eigenvalue weighted by Crippen LogP contribution is -1.97. The van der Waals surface area contributed by atoms with E-state index in [0.717, 1.165) is 21.1 Å². The summed E-state index contributed by atoms with van der Waals surface area (Å²) >= 11 is 15.3. The van der Waals surface area contributed by atoms with Gasteiger partial charge in [-0.3, -0.25) is 0 Å². The molecule has 1 N–H and O–H groups in total. The molecule has 0 unspecified atom stereocenters. The Bertz CT molecular complexity index is 775. The second-order valence-corrected chi connectivity index (χ2v) is 5.82. The number of aromatic nitrogens is 2. The Kier molecular flexibility index (Phi) is 3.78. The Balaban J connectivity index is 2.10. The van der Waals surface area contributed by atoms with Crippen LogP contribution < -0.4 is 5.32 Å². The molecule has 0 fully saturated rings. The van der Waals surface area contributed by atoms with Gasteiger partial charge in [-0.15, -0.1) is 0 Å². The Hall–Kier alpha value is -1.36. The normalized spacial score (nSPS) is 10.8. The van der Waals surface area contributed by atoms with Gasteiger partial charge in [0.05, 0.1) is 5.52 Å². The highest BCUT2D eigenvalue weighted by atomic mass is 79.9. The largest absolute Gasteiger partial charge is 0.340 e. The van der Waals surface area contributed by atoms with Crippen molar-refractivity contribution < 1.29 is 0 Å². The zero-order valence-electron chi connectivity index (χ0n) is 10.1. The molecule has 0 atom stereocenters. The standard InChI is InChI=1S/C14H8BrCl2N3/c15-8-1-6-12-11(7-8)13(20-14(17)19-12)18-10-4-2-9(16)3-5-10/h1-7H,(H,18,19,20). The smallest absolute Gasteiger partial charge is 0.224 e. The minimum atomic E-state index is 0.205. The molecule has 0 spiro atoms. The number of halogens is 3. The SMILES string of the molecule is Clc1ccc(Nc2nc(Cl)nc3ccc(Br)cc23)cc1. The van der Waals surface area contributed by atoms with Crippen LogP contribution in [0.5, 0.6) is 0 Å². The molecular weight excluding hydrogens is 361 g/mol. The van der Waals surface area contributed by atoms with Crippen molar-refractivity contribution in [1.82, 2.24) is 9.97 Å². The van der Waals surface area contributed by atoms with E-state index in [-0.39, 0.29) is 5.28 Å². The van der Waals surface area contributed by atoms with Crippen molar-refractivity contribution in [2.75, 3.05) is 5.32 Å². The first kappa shape index (κ1) is 13.6. The van der Waals surface area contributed by atoms with Crippen LogP contribution in [-0.4, -0.2) is 9.97 Å². The second kappa shape index (κ2) is 5.56. The first-order valence-corrected chi connectivity index (χ1v) is 7.32. The summed E-state index contributed by atoms with van der Waals surface area (Å²) in [5.41, 5.74) is 1.66. The predicted molar refractivity (Wildman–Crippen MR) is 87.0 cm³/mol. The minimum absolute atomic E-state index is 0.205. The lowest BCUT2D eigenvalue weighted by atomic mass is 10.2. The van der Waals surface area contributed by atoms with Crippen LogP contribution >= 0.6 is 39.1 Å². The molecule has 1 heterocycles. The van der Waals surface area contributed by atoms with Crippen LogP contribution in [-0.2, 0) is 0 Å². The number of nitrogens with one attached hydrogen (secondary N) is 1. The van der Waals surface area contributed by atoms with Gasteiger partial charge in [0.2, 0.25) is 5.28 Å². The van der Waals surface area contributed by atoms with Crippen LogP contribution in [0.2, 0.25) is 10.3 Å². The predicted octanol–water partition coefficient (Wildman–Crippen LogP) is 5.44. The van der Waals surface area contributed by atoms with Gasteiger partial charge in [0.1, 0.15) is 5.82 Å². The molecule has 3 aromatic rings. The van der Waals surface area contributed by atoms with E-state index in [1.54, 1.807) is 0 Å². The van der Waals surface area contributed by atoms with E-state index in [2.05, 4.69) is 31.2 Å². The van der Waals surface area contributed by atoms with E-state index in [1.807, 2.05) is 42.5 Å². The minimum Gasteiger partial charge on any atom is -0.340 e. The molecule has 0 bridgehead atoms. The molecule has 0 amide bonds. The zero-order chi connectivity index (χ0) is 14.1. The zero-order valence-corrected chi connectivity index (χ0v) is 13.2. The number of rotatable bonds is 2. The number of nitrogens with zero attached hydrogens (tertiary/aromatic N) is 2. The third-order valence-corrected chi connectivity index (χ3v) is 3.65. The molecule has 100 valence electrons. The van der Waals surface area contributed by atoms with Crippen molar-refractivity contribution in [1.29, 1.82) is 0 Å².